The van der Waals surface area contributed by atoms with Gasteiger partial charge in [-0.2, -0.15) is 0 Å². The molecule has 106 valence electrons. The summed E-state index contributed by atoms with van der Waals surface area (Å²) in [6, 6.07) is 0.252. The zero-order valence-corrected chi connectivity index (χ0v) is 12.1. The van der Waals surface area contributed by atoms with Crippen molar-refractivity contribution in [1.82, 2.24) is 5.32 Å². The SMILES string of the molecule is CC(N)CCCC(C)C(=O)NCC1CCCCC1. The summed E-state index contributed by atoms with van der Waals surface area (Å²) in [5.74, 6) is 1.08. The number of nitrogens with one attached hydrogen (secondary N) is 1. The highest BCUT2D eigenvalue weighted by Crippen LogP contribution is 2.22. The van der Waals surface area contributed by atoms with Gasteiger partial charge in [0.25, 0.3) is 0 Å². The van der Waals surface area contributed by atoms with E-state index in [0.29, 0.717) is 0 Å². The Morgan fingerprint density at radius 3 is 2.50 bits per heavy atom. The predicted molar refractivity (Wildman–Crippen MR) is 76.2 cm³/mol. The Hall–Kier alpha value is -0.570. The van der Waals surface area contributed by atoms with Crippen LogP contribution < -0.4 is 11.1 Å². The molecule has 2 atom stereocenters. The standard InChI is InChI=1S/C15H30N2O/c1-12(7-6-8-13(2)16)15(18)17-11-14-9-4-3-5-10-14/h12-14H,3-11,16H2,1-2H3,(H,17,18). The van der Waals surface area contributed by atoms with E-state index in [9.17, 15) is 4.79 Å². The quantitative estimate of drug-likeness (QED) is 0.734. The largest absolute Gasteiger partial charge is 0.356 e. The fraction of sp³-hybridized carbons (Fsp3) is 0.933. The van der Waals surface area contributed by atoms with Gasteiger partial charge in [0.2, 0.25) is 5.91 Å². The van der Waals surface area contributed by atoms with E-state index >= 15 is 0 Å². The lowest BCUT2D eigenvalue weighted by Gasteiger charge is -2.22. The van der Waals surface area contributed by atoms with Crippen LogP contribution in [0.4, 0.5) is 0 Å². The molecule has 0 radical (unpaired) electrons. The Morgan fingerprint density at radius 1 is 1.22 bits per heavy atom. The highest BCUT2D eigenvalue weighted by atomic mass is 16.1. The van der Waals surface area contributed by atoms with Gasteiger partial charge in [0.15, 0.2) is 0 Å². The topological polar surface area (TPSA) is 55.1 Å². The maximum Gasteiger partial charge on any atom is 0.222 e. The van der Waals surface area contributed by atoms with E-state index in [1.54, 1.807) is 0 Å². The lowest BCUT2D eigenvalue weighted by molar-refractivity contribution is -0.124. The zero-order chi connectivity index (χ0) is 13.4. The van der Waals surface area contributed by atoms with Crippen molar-refractivity contribution in [1.29, 1.82) is 0 Å². The van der Waals surface area contributed by atoms with Crippen LogP contribution in [0.3, 0.4) is 0 Å². The highest BCUT2D eigenvalue weighted by molar-refractivity contribution is 5.78. The van der Waals surface area contributed by atoms with Crippen LogP contribution in [-0.2, 0) is 4.79 Å². The van der Waals surface area contributed by atoms with E-state index in [0.717, 1.165) is 31.7 Å². The van der Waals surface area contributed by atoms with Crippen LogP contribution in [0.15, 0.2) is 0 Å². The van der Waals surface area contributed by atoms with Gasteiger partial charge in [-0.3, -0.25) is 4.79 Å². The first-order chi connectivity index (χ1) is 8.59. The molecule has 1 aliphatic carbocycles. The van der Waals surface area contributed by atoms with Gasteiger partial charge in [0.1, 0.15) is 0 Å². The first kappa shape index (κ1) is 15.5. The average molecular weight is 254 g/mol. The van der Waals surface area contributed by atoms with Crippen molar-refractivity contribution >= 4 is 5.91 Å². The van der Waals surface area contributed by atoms with Crippen molar-refractivity contribution < 1.29 is 4.79 Å². The van der Waals surface area contributed by atoms with Crippen LogP contribution in [-0.4, -0.2) is 18.5 Å². The Morgan fingerprint density at radius 2 is 1.89 bits per heavy atom. The molecular weight excluding hydrogens is 224 g/mol. The molecule has 0 saturated heterocycles. The van der Waals surface area contributed by atoms with Crippen LogP contribution in [0.25, 0.3) is 0 Å². The van der Waals surface area contributed by atoms with Crippen molar-refractivity contribution in [3.05, 3.63) is 0 Å². The number of nitrogens with two attached hydrogens (primary N) is 1. The van der Waals surface area contributed by atoms with Gasteiger partial charge in [0.05, 0.1) is 0 Å². The van der Waals surface area contributed by atoms with E-state index in [4.69, 9.17) is 5.73 Å². The minimum absolute atomic E-state index is 0.132. The van der Waals surface area contributed by atoms with Crippen molar-refractivity contribution in [2.75, 3.05) is 6.54 Å². The molecule has 0 aromatic rings. The van der Waals surface area contributed by atoms with Crippen LogP contribution in [0.2, 0.25) is 0 Å². The Balaban J connectivity index is 2.10. The molecule has 1 saturated carbocycles. The first-order valence-electron chi connectivity index (χ1n) is 7.63. The number of carbonyl (C=O) groups excluding carboxylic acids is 1. The summed E-state index contributed by atoms with van der Waals surface area (Å²) in [5.41, 5.74) is 5.71. The molecule has 3 heteroatoms. The van der Waals surface area contributed by atoms with Crippen molar-refractivity contribution in [2.45, 2.75) is 71.3 Å². The molecule has 0 aromatic carbocycles. The van der Waals surface area contributed by atoms with Crippen molar-refractivity contribution in [2.24, 2.45) is 17.6 Å². The maximum atomic E-state index is 11.9. The van der Waals surface area contributed by atoms with Crippen molar-refractivity contribution in [3.8, 4) is 0 Å². The summed E-state index contributed by atoms with van der Waals surface area (Å²) in [7, 11) is 0. The van der Waals surface area contributed by atoms with Gasteiger partial charge < -0.3 is 11.1 Å². The summed E-state index contributed by atoms with van der Waals surface area (Å²) in [6.45, 7) is 4.93. The molecule has 18 heavy (non-hydrogen) atoms. The lowest BCUT2D eigenvalue weighted by atomic mass is 9.89. The molecule has 1 amide bonds. The van der Waals surface area contributed by atoms with Crippen LogP contribution >= 0.6 is 0 Å². The second-order valence-corrected chi connectivity index (χ2v) is 6.06. The Kier molecular flexibility index (Phi) is 7.33. The molecule has 0 spiro atoms. The summed E-state index contributed by atoms with van der Waals surface area (Å²) in [4.78, 5) is 11.9. The monoisotopic (exact) mass is 254 g/mol. The fourth-order valence-electron chi connectivity index (χ4n) is 2.69. The van der Waals surface area contributed by atoms with Gasteiger partial charge in [-0.05, 0) is 38.5 Å². The van der Waals surface area contributed by atoms with Gasteiger partial charge >= 0.3 is 0 Å². The maximum absolute atomic E-state index is 11.9. The molecule has 1 rings (SSSR count). The van der Waals surface area contributed by atoms with Gasteiger partial charge in [-0.1, -0.05) is 32.6 Å². The number of hydrogen-bond donors (Lipinski definition) is 2. The van der Waals surface area contributed by atoms with Crippen LogP contribution in [0.5, 0.6) is 0 Å². The molecule has 3 N–H and O–H groups in total. The van der Waals surface area contributed by atoms with Gasteiger partial charge in [0, 0.05) is 18.5 Å². The van der Waals surface area contributed by atoms with E-state index in [1.165, 1.54) is 32.1 Å². The van der Waals surface area contributed by atoms with Crippen molar-refractivity contribution in [3.63, 3.8) is 0 Å². The molecule has 1 fully saturated rings. The zero-order valence-electron chi connectivity index (χ0n) is 12.1. The number of amides is 1. The summed E-state index contributed by atoms with van der Waals surface area (Å²) in [5, 5.41) is 3.12. The summed E-state index contributed by atoms with van der Waals surface area (Å²) < 4.78 is 0. The second-order valence-electron chi connectivity index (χ2n) is 6.06. The molecule has 0 heterocycles. The number of carbonyl (C=O) groups is 1. The molecule has 2 unspecified atom stereocenters. The summed E-state index contributed by atoms with van der Waals surface area (Å²) >= 11 is 0. The molecule has 3 nitrogen and oxygen atoms in total. The highest BCUT2D eigenvalue weighted by Gasteiger charge is 2.17. The normalized spacial score (nSPS) is 20.4. The molecule has 1 aliphatic rings. The van der Waals surface area contributed by atoms with E-state index < -0.39 is 0 Å². The van der Waals surface area contributed by atoms with Crippen LogP contribution in [0.1, 0.15) is 65.2 Å². The molecule has 0 aliphatic heterocycles. The van der Waals surface area contributed by atoms with E-state index in [-0.39, 0.29) is 17.9 Å². The van der Waals surface area contributed by atoms with Gasteiger partial charge in [-0.15, -0.1) is 0 Å². The van der Waals surface area contributed by atoms with Crippen LogP contribution in [0, 0.1) is 11.8 Å². The Labute approximate surface area is 112 Å². The summed E-state index contributed by atoms with van der Waals surface area (Å²) in [6.07, 6.45) is 9.65. The number of rotatable bonds is 7. The third-order valence-electron chi connectivity index (χ3n) is 4.03. The molecule has 0 aromatic heterocycles. The fourth-order valence-corrected chi connectivity index (χ4v) is 2.69. The lowest BCUT2D eigenvalue weighted by Crippen LogP contribution is -2.34. The molecular formula is C15H30N2O. The minimum atomic E-state index is 0.132. The number of hydrogen-bond acceptors (Lipinski definition) is 2. The van der Waals surface area contributed by atoms with Gasteiger partial charge in [-0.25, -0.2) is 0 Å². The van der Waals surface area contributed by atoms with E-state index in [2.05, 4.69) is 5.32 Å². The second kappa shape index (κ2) is 8.52. The average Bonchev–Trinajstić information content (AvgIpc) is 2.36. The third kappa shape index (κ3) is 6.39. The first-order valence-corrected chi connectivity index (χ1v) is 7.63. The smallest absolute Gasteiger partial charge is 0.222 e. The Bertz CT molecular complexity index is 235. The molecule has 0 bridgehead atoms. The minimum Gasteiger partial charge on any atom is -0.356 e. The van der Waals surface area contributed by atoms with E-state index in [1.807, 2.05) is 13.8 Å². The predicted octanol–water partition coefficient (Wildman–Crippen LogP) is 2.84. The third-order valence-corrected chi connectivity index (χ3v) is 4.03.